The number of nitro groups is 1. The molecule has 7 nitrogen and oxygen atoms in total. The van der Waals surface area contributed by atoms with E-state index in [-0.39, 0.29) is 12.2 Å². The van der Waals surface area contributed by atoms with E-state index < -0.39 is 34.0 Å². The van der Waals surface area contributed by atoms with Gasteiger partial charge >= 0.3 is 11.7 Å². The van der Waals surface area contributed by atoms with Crippen molar-refractivity contribution in [3.05, 3.63) is 34.1 Å². The van der Waals surface area contributed by atoms with Gasteiger partial charge in [-0.2, -0.15) is 4.39 Å². The van der Waals surface area contributed by atoms with E-state index in [9.17, 15) is 19.3 Å². The van der Waals surface area contributed by atoms with Gasteiger partial charge in [0.15, 0.2) is 0 Å². The van der Waals surface area contributed by atoms with Crippen molar-refractivity contribution in [3.8, 4) is 5.75 Å². The molecular weight excluding hydrogens is 283 g/mol. The van der Waals surface area contributed by atoms with E-state index in [1.165, 1.54) is 6.07 Å². The van der Waals surface area contributed by atoms with Crippen molar-refractivity contribution in [2.75, 3.05) is 0 Å². The van der Waals surface area contributed by atoms with Crippen LogP contribution in [-0.4, -0.2) is 27.6 Å². The van der Waals surface area contributed by atoms with Gasteiger partial charge in [0, 0.05) is 18.6 Å². The van der Waals surface area contributed by atoms with Gasteiger partial charge in [0.05, 0.1) is 4.92 Å². The minimum absolute atomic E-state index is 0.112. The fourth-order valence-corrected chi connectivity index (χ4v) is 2.45. The summed E-state index contributed by atoms with van der Waals surface area (Å²) in [5.74, 6) is -1.96. The Morgan fingerprint density at radius 1 is 1.57 bits per heavy atom. The zero-order chi connectivity index (χ0) is 15.6. The highest BCUT2D eigenvalue weighted by Gasteiger charge is 2.40. The van der Waals surface area contributed by atoms with Crippen molar-refractivity contribution in [2.24, 2.45) is 5.73 Å². The smallest absolute Gasteiger partial charge is 0.323 e. The van der Waals surface area contributed by atoms with Crippen LogP contribution in [0.1, 0.15) is 25.7 Å². The lowest BCUT2D eigenvalue weighted by Crippen LogP contribution is -2.53. The molecule has 0 bridgehead atoms. The third-order valence-corrected chi connectivity index (χ3v) is 3.59. The molecule has 1 saturated carbocycles. The summed E-state index contributed by atoms with van der Waals surface area (Å²) in [5, 5.41) is 19.6. The molecule has 0 heterocycles. The number of carboxylic acid groups (broad SMARTS) is 1. The maximum atomic E-state index is 13.5. The van der Waals surface area contributed by atoms with E-state index >= 15 is 0 Å². The van der Waals surface area contributed by atoms with Gasteiger partial charge in [-0.25, -0.2) is 0 Å². The molecule has 1 aromatic carbocycles. The first-order valence-electron chi connectivity index (χ1n) is 6.45. The second kappa shape index (κ2) is 5.65. The van der Waals surface area contributed by atoms with Gasteiger partial charge in [0.25, 0.3) is 0 Å². The number of carboxylic acids is 1. The minimum atomic E-state index is -1.35. The number of aliphatic carboxylic acids is 1. The summed E-state index contributed by atoms with van der Waals surface area (Å²) in [5.41, 5.74) is 3.82. The minimum Gasteiger partial charge on any atom is -0.490 e. The quantitative estimate of drug-likeness (QED) is 0.647. The van der Waals surface area contributed by atoms with Crippen LogP contribution in [0.3, 0.4) is 0 Å². The lowest BCUT2D eigenvalue weighted by Gasteiger charge is -2.34. The number of rotatable bonds is 4. The Hall–Kier alpha value is -2.22. The lowest BCUT2D eigenvalue weighted by molar-refractivity contribution is -0.387. The maximum absolute atomic E-state index is 13.5. The molecule has 1 aliphatic carbocycles. The molecule has 2 atom stereocenters. The van der Waals surface area contributed by atoms with Crippen LogP contribution in [0.15, 0.2) is 18.2 Å². The van der Waals surface area contributed by atoms with E-state index in [0.29, 0.717) is 19.3 Å². The molecule has 0 saturated heterocycles. The number of hydrogen-bond acceptors (Lipinski definition) is 5. The van der Waals surface area contributed by atoms with Crippen molar-refractivity contribution in [1.29, 1.82) is 0 Å². The molecule has 0 radical (unpaired) electrons. The number of nitro benzene ring substituents is 1. The van der Waals surface area contributed by atoms with Crippen LogP contribution in [0.5, 0.6) is 5.75 Å². The van der Waals surface area contributed by atoms with Crippen LogP contribution in [0.2, 0.25) is 0 Å². The first-order valence-corrected chi connectivity index (χ1v) is 6.45. The fraction of sp³-hybridized carbons (Fsp3) is 0.462. The Balaban J connectivity index is 2.10. The second-order valence-electron chi connectivity index (χ2n) is 5.17. The first-order chi connectivity index (χ1) is 9.82. The number of benzene rings is 1. The van der Waals surface area contributed by atoms with Crippen LogP contribution < -0.4 is 10.5 Å². The average molecular weight is 298 g/mol. The van der Waals surface area contributed by atoms with Crippen molar-refractivity contribution in [3.63, 3.8) is 0 Å². The molecule has 1 fully saturated rings. The predicted octanol–water partition coefficient (Wildman–Crippen LogP) is 1.84. The molecule has 21 heavy (non-hydrogen) atoms. The summed E-state index contributed by atoms with van der Waals surface area (Å²) in [4.78, 5) is 20.8. The Labute approximate surface area is 119 Å². The van der Waals surface area contributed by atoms with Crippen LogP contribution in [-0.2, 0) is 4.79 Å². The molecule has 0 spiro atoms. The Morgan fingerprint density at radius 2 is 2.29 bits per heavy atom. The largest absolute Gasteiger partial charge is 0.490 e. The first kappa shape index (κ1) is 15.2. The van der Waals surface area contributed by atoms with E-state index in [4.69, 9.17) is 15.6 Å². The van der Waals surface area contributed by atoms with Gasteiger partial charge in [0.2, 0.25) is 5.82 Å². The van der Waals surface area contributed by atoms with E-state index in [1.54, 1.807) is 0 Å². The molecule has 2 rings (SSSR count). The van der Waals surface area contributed by atoms with Crippen LogP contribution in [0.4, 0.5) is 10.1 Å². The zero-order valence-electron chi connectivity index (χ0n) is 11.1. The van der Waals surface area contributed by atoms with Crippen LogP contribution in [0.25, 0.3) is 0 Å². The predicted molar refractivity (Wildman–Crippen MR) is 70.5 cm³/mol. The average Bonchev–Trinajstić information content (AvgIpc) is 2.38. The molecule has 0 aromatic heterocycles. The highest BCUT2D eigenvalue weighted by atomic mass is 19.1. The molecule has 3 N–H and O–H groups in total. The summed E-state index contributed by atoms with van der Waals surface area (Å²) >= 11 is 0. The lowest BCUT2D eigenvalue weighted by atomic mass is 9.81. The van der Waals surface area contributed by atoms with Crippen molar-refractivity contribution in [2.45, 2.75) is 37.3 Å². The summed E-state index contributed by atoms with van der Waals surface area (Å²) < 4.78 is 19.0. The van der Waals surface area contributed by atoms with Crippen LogP contribution in [0, 0.1) is 15.9 Å². The van der Waals surface area contributed by atoms with Gasteiger partial charge in [-0.3, -0.25) is 14.9 Å². The fourth-order valence-electron chi connectivity index (χ4n) is 2.45. The SMILES string of the molecule is NC1(C(=O)O)CCCC(Oc2ccc([N+](=O)[O-])c(F)c2)C1. The number of carbonyl (C=O) groups is 1. The third kappa shape index (κ3) is 3.27. The number of nitrogens with zero attached hydrogens (tertiary/aromatic N) is 1. The second-order valence-corrected chi connectivity index (χ2v) is 5.17. The highest BCUT2D eigenvalue weighted by Crippen LogP contribution is 2.31. The topological polar surface area (TPSA) is 116 Å². The Bertz CT molecular complexity index is 580. The molecular formula is C13H15FN2O5. The third-order valence-electron chi connectivity index (χ3n) is 3.59. The van der Waals surface area contributed by atoms with Gasteiger partial charge in [0.1, 0.15) is 17.4 Å². The normalized spacial score (nSPS) is 25.3. The molecule has 114 valence electrons. The van der Waals surface area contributed by atoms with Crippen molar-refractivity contribution < 1.29 is 24.0 Å². The monoisotopic (exact) mass is 298 g/mol. The molecule has 0 amide bonds. The van der Waals surface area contributed by atoms with E-state index in [1.807, 2.05) is 0 Å². The summed E-state index contributed by atoms with van der Waals surface area (Å²) in [7, 11) is 0. The molecule has 1 aromatic rings. The Morgan fingerprint density at radius 3 is 2.86 bits per heavy atom. The standard InChI is InChI=1S/C13H15FN2O5/c14-10-6-8(3-4-11(10)16(19)20)21-9-2-1-5-13(15,7-9)12(17)18/h3-4,6,9H,1-2,5,7,15H2,(H,17,18). The number of halogens is 1. The van der Waals surface area contributed by atoms with Gasteiger partial charge in [-0.1, -0.05) is 0 Å². The number of hydrogen-bond donors (Lipinski definition) is 2. The van der Waals surface area contributed by atoms with E-state index in [0.717, 1.165) is 12.1 Å². The molecule has 2 unspecified atom stereocenters. The summed E-state index contributed by atoms with van der Waals surface area (Å²) in [6, 6.07) is 3.22. The van der Waals surface area contributed by atoms with E-state index in [2.05, 4.69) is 0 Å². The number of nitrogens with two attached hydrogens (primary N) is 1. The molecule has 8 heteroatoms. The Kier molecular flexibility index (Phi) is 4.08. The number of ether oxygens (including phenoxy) is 1. The van der Waals surface area contributed by atoms with Crippen LogP contribution >= 0.6 is 0 Å². The van der Waals surface area contributed by atoms with Crippen molar-refractivity contribution >= 4 is 11.7 Å². The van der Waals surface area contributed by atoms with Gasteiger partial charge in [-0.15, -0.1) is 0 Å². The molecule has 1 aliphatic rings. The summed E-state index contributed by atoms with van der Waals surface area (Å²) in [6.07, 6.45) is 1.20. The maximum Gasteiger partial charge on any atom is 0.323 e. The molecule has 0 aliphatic heterocycles. The van der Waals surface area contributed by atoms with Gasteiger partial charge < -0.3 is 15.6 Å². The van der Waals surface area contributed by atoms with Crippen molar-refractivity contribution in [1.82, 2.24) is 0 Å². The summed E-state index contributed by atoms with van der Waals surface area (Å²) in [6.45, 7) is 0. The van der Waals surface area contributed by atoms with Gasteiger partial charge in [-0.05, 0) is 25.3 Å². The highest BCUT2D eigenvalue weighted by molar-refractivity contribution is 5.78. The zero-order valence-corrected chi connectivity index (χ0v) is 11.1.